The predicted octanol–water partition coefficient (Wildman–Crippen LogP) is 12.5. The van der Waals surface area contributed by atoms with E-state index in [9.17, 15) is 0 Å². The van der Waals surface area contributed by atoms with Crippen molar-refractivity contribution >= 4 is 89.0 Å². The SMILES string of the molecule is Cc1cccc(C)c1-c1nc2c3oc4ccc(C(C)(C)C)cc4c3cc3c2n1-c1cccc2c1B3c1cc3c4cc(C(C)(C)C)ccc4oc3c3nc(-c4c(C)cccc4C)n-2c13. The van der Waals surface area contributed by atoms with Crippen molar-refractivity contribution in [2.24, 2.45) is 0 Å². The van der Waals surface area contributed by atoms with Gasteiger partial charge < -0.3 is 8.83 Å². The van der Waals surface area contributed by atoms with Crippen molar-refractivity contribution < 1.29 is 8.83 Å². The Balaban J connectivity index is 1.25. The van der Waals surface area contributed by atoms with Gasteiger partial charge in [-0.1, -0.05) is 108 Å². The fraction of sp³-hybridized carbons (Fsp3) is 0.214. The Kier molecular flexibility index (Phi) is 6.99. The molecule has 0 amide bonds. The molecule has 0 atom stereocenters. The summed E-state index contributed by atoms with van der Waals surface area (Å²) in [5.41, 5.74) is 22.8. The molecule has 0 saturated heterocycles. The molecule has 0 bridgehead atoms. The van der Waals surface area contributed by atoms with E-state index in [1.807, 2.05) is 0 Å². The second-order valence-corrected chi connectivity index (χ2v) is 20.4. The second kappa shape index (κ2) is 12.0. The molecule has 2 aliphatic heterocycles. The minimum atomic E-state index is -0.133. The summed E-state index contributed by atoms with van der Waals surface area (Å²) in [6.45, 7) is 22.3. The third-order valence-corrected chi connectivity index (χ3v) is 14.4. The van der Waals surface area contributed by atoms with E-state index in [-0.39, 0.29) is 17.5 Å². The van der Waals surface area contributed by atoms with E-state index in [4.69, 9.17) is 18.8 Å². The van der Waals surface area contributed by atoms with Gasteiger partial charge in [-0.05, 0) is 125 Å². The molecule has 7 heteroatoms. The second-order valence-electron chi connectivity index (χ2n) is 20.4. The van der Waals surface area contributed by atoms with Crippen LogP contribution in [0, 0.1) is 27.7 Å². The van der Waals surface area contributed by atoms with Crippen LogP contribution in [0.2, 0.25) is 0 Å². The van der Waals surface area contributed by atoms with E-state index < -0.39 is 0 Å². The fourth-order valence-electron chi connectivity index (χ4n) is 11.2. The topological polar surface area (TPSA) is 61.9 Å². The number of aryl methyl sites for hydroxylation is 4. The lowest BCUT2D eigenvalue weighted by molar-refractivity contribution is 0.590. The molecule has 0 N–H and O–H groups in total. The van der Waals surface area contributed by atoms with Gasteiger partial charge in [0, 0.05) is 44.0 Å². The highest BCUT2D eigenvalue weighted by Gasteiger charge is 2.44. The van der Waals surface area contributed by atoms with Crippen molar-refractivity contribution in [2.75, 3.05) is 0 Å². The smallest absolute Gasteiger partial charge is 0.252 e. The quantitative estimate of drug-likeness (QED) is 0.163. The summed E-state index contributed by atoms with van der Waals surface area (Å²) in [7, 11) is 0. The van der Waals surface area contributed by atoms with Crippen molar-refractivity contribution in [3.63, 3.8) is 0 Å². The summed E-state index contributed by atoms with van der Waals surface area (Å²) >= 11 is 0. The lowest BCUT2D eigenvalue weighted by Gasteiger charge is -2.33. The maximum Gasteiger partial charge on any atom is 0.252 e. The fourth-order valence-corrected chi connectivity index (χ4v) is 11.2. The summed E-state index contributed by atoms with van der Waals surface area (Å²) in [6, 6.07) is 38.2. The van der Waals surface area contributed by atoms with Crippen molar-refractivity contribution in [3.05, 3.63) is 137 Å². The number of hydrogen-bond acceptors (Lipinski definition) is 4. The van der Waals surface area contributed by atoms with Crippen LogP contribution in [0.3, 0.4) is 0 Å². The molecule has 11 aromatic rings. The minimum absolute atomic E-state index is 0.0305. The predicted molar refractivity (Wildman–Crippen MR) is 262 cm³/mol. The van der Waals surface area contributed by atoms with Gasteiger partial charge in [-0.25, -0.2) is 9.97 Å². The van der Waals surface area contributed by atoms with Gasteiger partial charge in [-0.2, -0.15) is 0 Å². The van der Waals surface area contributed by atoms with E-state index >= 15 is 0 Å². The van der Waals surface area contributed by atoms with E-state index in [1.165, 1.54) is 49.8 Å². The van der Waals surface area contributed by atoms with Gasteiger partial charge >= 0.3 is 0 Å². The number of benzene rings is 7. The van der Waals surface area contributed by atoms with Gasteiger partial charge in [0.2, 0.25) is 0 Å². The Morgan fingerprint density at radius 3 is 1.27 bits per heavy atom. The molecule has 0 fully saturated rings. The molecule has 63 heavy (non-hydrogen) atoms. The molecule has 4 aromatic heterocycles. The van der Waals surface area contributed by atoms with Crippen LogP contribution in [0.15, 0.2) is 112 Å². The molecule has 0 unspecified atom stereocenters. The molecule has 6 heterocycles. The molecule has 0 aliphatic carbocycles. The Bertz CT molecular complexity index is 3590. The molecule has 0 spiro atoms. The van der Waals surface area contributed by atoms with Gasteiger partial charge in [0.05, 0.1) is 11.0 Å². The largest absolute Gasteiger partial charge is 0.454 e. The molecule has 13 rings (SSSR count). The van der Waals surface area contributed by atoms with Crippen LogP contribution in [0.1, 0.15) is 74.9 Å². The zero-order valence-corrected chi connectivity index (χ0v) is 37.5. The van der Waals surface area contributed by atoms with Crippen molar-refractivity contribution in [3.8, 4) is 34.2 Å². The summed E-state index contributed by atoms with van der Waals surface area (Å²) in [5, 5.41) is 4.42. The molecular formula is C56H47BN4O2. The highest BCUT2D eigenvalue weighted by atomic mass is 16.3. The van der Waals surface area contributed by atoms with Gasteiger partial charge in [-0.15, -0.1) is 0 Å². The first-order valence-electron chi connectivity index (χ1n) is 22.3. The van der Waals surface area contributed by atoms with Gasteiger partial charge in [0.15, 0.2) is 11.2 Å². The number of imidazole rings is 2. The molecule has 6 nitrogen and oxygen atoms in total. The Hall–Kier alpha value is -6.86. The van der Waals surface area contributed by atoms with Crippen molar-refractivity contribution in [2.45, 2.75) is 80.1 Å². The van der Waals surface area contributed by atoms with Crippen LogP contribution in [0.25, 0.3) is 100 Å². The molecule has 306 valence electrons. The summed E-state index contributed by atoms with van der Waals surface area (Å²) in [4.78, 5) is 11.4. The Labute approximate surface area is 366 Å². The average molecular weight is 819 g/mol. The van der Waals surface area contributed by atoms with Crippen molar-refractivity contribution in [1.82, 2.24) is 19.1 Å². The van der Waals surface area contributed by atoms with Crippen LogP contribution < -0.4 is 16.4 Å². The number of rotatable bonds is 2. The zero-order valence-electron chi connectivity index (χ0n) is 37.5. The zero-order chi connectivity index (χ0) is 43.2. The van der Waals surface area contributed by atoms with Crippen LogP contribution in [-0.2, 0) is 10.8 Å². The maximum atomic E-state index is 6.94. The van der Waals surface area contributed by atoms with Crippen LogP contribution >= 0.6 is 0 Å². The van der Waals surface area contributed by atoms with E-state index in [0.29, 0.717) is 0 Å². The lowest BCUT2D eigenvalue weighted by atomic mass is 9.34. The molecule has 7 aromatic carbocycles. The molecule has 0 radical (unpaired) electrons. The van der Waals surface area contributed by atoms with Gasteiger partial charge in [0.25, 0.3) is 6.71 Å². The average Bonchev–Trinajstić information content (AvgIpc) is 4.01. The van der Waals surface area contributed by atoms with Gasteiger partial charge in [0.1, 0.15) is 33.8 Å². The van der Waals surface area contributed by atoms with E-state index in [2.05, 4.69) is 181 Å². The summed E-state index contributed by atoms with van der Waals surface area (Å²) < 4.78 is 18.8. The monoisotopic (exact) mass is 818 g/mol. The number of hydrogen-bond donors (Lipinski definition) is 0. The summed E-state index contributed by atoms with van der Waals surface area (Å²) in [6.07, 6.45) is 0. The Morgan fingerprint density at radius 2 is 0.873 bits per heavy atom. The van der Waals surface area contributed by atoms with Crippen LogP contribution in [0.4, 0.5) is 0 Å². The standard InChI is InChI=1S/C56H47BN4O2/c1-28-14-11-15-29(2)44(28)53-58-47-49-38(26-36-34-24-32(55(5,6)7)20-22-42(34)62-51(36)47)57-39-27-37-35-25-33(56(8,9)10)21-23-43(35)63-52(37)48-50(39)61(41-19-13-18-40(46(41)57)60(49)53)54(59-48)45-30(3)16-12-17-31(45)4/h11-27H,1-10H3. The first-order chi connectivity index (χ1) is 30.2. The molecular weight excluding hydrogens is 771 g/mol. The Morgan fingerprint density at radius 1 is 0.476 bits per heavy atom. The third kappa shape index (κ3) is 4.75. The highest BCUT2D eigenvalue weighted by molar-refractivity contribution is 7.00. The maximum absolute atomic E-state index is 6.94. The minimum Gasteiger partial charge on any atom is -0.454 e. The molecule has 0 saturated carbocycles. The highest BCUT2D eigenvalue weighted by Crippen LogP contribution is 2.45. The first kappa shape index (κ1) is 36.8. The van der Waals surface area contributed by atoms with E-state index in [0.717, 1.165) is 100 Å². The normalized spacial score (nSPS) is 13.5. The van der Waals surface area contributed by atoms with Crippen LogP contribution in [0.5, 0.6) is 0 Å². The molecule has 2 aliphatic rings. The summed E-state index contributed by atoms with van der Waals surface area (Å²) in [5.74, 6) is 1.86. The number of nitrogens with zero attached hydrogens (tertiary/aromatic N) is 4. The number of fused-ring (bicyclic) bond motifs is 12. The number of furan rings is 2. The van der Waals surface area contributed by atoms with Gasteiger partial charge in [-0.3, -0.25) is 9.13 Å². The lowest BCUT2D eigenvalue weighted by Crippen LogP contribution is -2.59. The number of aromatic nitrogens is 4. The van der Waals surface area contributed by atoms with Crippen LogP contribution in [-0.4, -0.2) is 25.8 Å². The van der Waals surface area contributed by atoms with E-state index in [1.54, 1.807) is 0 Å². The van der Waals surface area contributed by atoms with Crippen molar-refractivity contribution in [1.29, 1.82) is 0 Å². The first-order valence-corrected chi connectivity index (χ1v) is 22.3. The third-order valence-electron chi connectivity index (χ3n) is 14.4.